The fraction of sp³-hybridized carbons (Fsp3) is 0.421. The first kappa shape index (κ1) is 21.8. The highest BCUT2D eigenvalue weighted by molar-refractivity contribution is 6.42. The Hall–Kier alpha value is -2.46. The minimum absolute atomic E-state index is 0.0320. The number of nitrogens with one attached hydrogen (secondary N) is 1. The van der Waals surface area contributed by atoms with Gasteiger partial charge in [0.25, 0.3) is 11.8 Å². The third kappa shape index (κ3) is 4.06. The summed E-state index contributed by atoms with van der Waals surface area (Å²) in [6.07, 6.45) is -0.879. The van der Waals surface area contributed by atoms with Crippen molar-refractivity contribution in [1.29, 1.82) is 0 Å². The number of amides is 3. The molecule has 2 aromatic rings. The largest absolute Gasteiger partial charge is 0.365 e. The Morgan fingerprint density at radius 3 is 2.55 bits per heavy atom. The van der Waals surface area contributed by atoms with E-state index in [1.165, 1.54) is 21.7 Å². The average molecular weight is 476 g/mol. The van der Waals surface area contributed by atoms with E-state index in [9.17, 15) is 22.8 Å². The predicted molar refractivity (Wildman–Crippen MR) is 108 cm³/mol. The van der Waals surface area contributed by atoms with Crippen molar-refractivity contribution in [3.05, 3.63) is 39.5 Å². The van der Waals surface area contributed by atoms with Crippen LogP contribution in [0.15, 0.2) is 18.2 Å². The van der Waals surface area contributed by atoms with Gasteiger partial charge in [0, 0.05) is 31.0 Å². The van der Waals surface area contributed by atoms with Crippen LogP contribution in [0, 0.1) is 0 Å². The summed E-state index contributed by atoms with van der Waals surface area (Å²) < 4.78 is 41.3. The molecule has 2 heterocycles. The highest BCUT2D eigenvalue weighted by Gasteiger charge is 2.46. The van der Waals surface area contributed by atoms with Crippen LogP contribution >= 0.6 is 23.2 Å². The minimum atomic E-state index is -2.78. The molecule has 1 fully saturated rings. The van der Waals surface area contributed by atoms with E-state index < -0.39 is 49.5 Å². The number of halogens is 5. The van der Waals surface area contributed by atoms with Gasteiger partial charge in [0.2, 0.25) is 0 Å². The number of carbonyl (C=O) groups excluding carboxylic acids is 2. The lowest BCUT2D eigenvalue weighted by atomic mass is 9.88. The van der Waals surface area contributed by atoms with Crippen LogP contribution in [0.3, 0.4) is 0 Å². The maximum atomic E-state index is 13.8. The number of hydrogen-bond acceptors (Lipinski definition) is 3. The van der Waals surface area contributed by atoms with Gasteiger partial charge in [-0.2, -0.15) is 5.10 Å². The zero-order valence-electron chi connectivity index (χ0n) is 16.0. The summed E-state index contributed by atoms with van der Waals surface area (Å²) in [5, 5.41) is 7.45. The summed E-state index contributed by atoms with van der Waals surface area (Å²) in [7, 11) is 0. The maximum absolute atomic E-state index is 13.8. The van der Waals surface area contributed by atoms with Crippen LogP contribution in [0.25, 0.3) is 11.3 Å². The lowest BCUT2D eigenvalue weighted by Gasteiger charge is -2.38. The molecule has 3 amide bonds. The van der Waals surface area contributed by atoms with Gasteiger partial charge >= 0.3 is 6.03 Å². The molecule has 2 aliphatic rings. The molecule has 1 aromatic carbocycles. The molecule has 7 nitrogen and oxygen atoms in total. The van der Waals surface area contributed by atoms with Gasteiger partial charge in [-0.3, -0.25) is 9.48 Å². The fourth-order valence-electron chi connectivity index (χ4n) is 3.90. The van der Waals surface area contributed by atoms with Crippen molar-refractivity contribution in [3.8, 4) is 11.3 Å². The second-order valence-corrected chi connectivity index (χ2v) is 8.52. The number of hydrogen-bond donors (Lipinski definition) is 2. The molecule has 1 aliphatic carbocycles. The van der Waals surface area contributed by atoms with Crippen molar-refractivity contribution in [3.63, 3.8) is 0 Å². The SMILES string of the molecule is NC(=O)c1c(-c2ccc(Cl)c(Cl)c2)nn2c1CN(C(=O)NC1CC(F)(F)C1)C[C@H]2CF. The van der Waals surface area contributed by atoms with Crippen molar-refractivity contribution >= 4 is 35.1 Å². The van der Waals surface area contributed by atoms with Crippen LogP contribution in [0.1, 0.15) is 34.9 Å². The molecule has 1 atom stereocenters. The number of aromatic nitrogens is 2. The molecule has 1 saturated carbocycles. The van der Waals surface area contributed by atoms with E-state index in [0.717, 1.165) is 0 Å². The Morgan fingerprint density at radius 2 is 1.97 bits per heavy atom. The molecule has 31 heavy (non-hydrogen) atoms. The number of fused-ring (bicyclic) bond motifs is 1. The summed E-state index contributed by atoms with van der Waals surface area (Å²) >= 11 is 12.0. The van der Waals surface area contributed by atoms with Gasteiger partial charge in [-0.05, 0) is 12.1 Å². The number of urea groups is 1. The summed E-state index contributed by atoms with van der Waals surface area (Å²) in [6, 6.07) is 2.51. The van der Waals surface area contributed by atoms with Gasteiger partial charge < -0.3 is 16.0 Å². The van der Waals surface area contributed by atoms with Crippen LogP contribution < -0.4 is 11.1 Å². The molecule has 12 heteroatoms. The maximum Gasteiger partial charge on any atom is 0.318 e. The lowest BCUT2D eigenvalue weighted by molar-refractivity contribution is -0.0904. The van der Waals surface area contributed by atoms with E-state index in [1.807, 2.05) is 0 Å². The minimum Gasteiger partial charge on any atom is -0.365 e. The Balaban J connectivity index is 1.67. The van der Waals surface area contributed by atoms with Crippen molar-refractivity contribution in [2.75, 3.05) is 13.2 Å². The molecule has 1 aliphatic heterocycles. The van der Waals surface area contributed by atoms with Gasteiger partial charge in [0.05, 0.1) is 33.9 Å². The first-order chi connectivity index (χ1) is 14.6. The molecule has 4 rings (SSSR count). The topological polar surface area (TPSA) is 93.2 Å². The summed E-state index contributed by atoms with van der Waals surface area (Å²) in [5.74, 6) is -3.59. The quantitative estimate of drug-likeness (QED) is 0.704. The molecule has 0 bridgehead atoms. The number of carbonyl (C=O) groups is 2. The molecular formula is C19H18Cl2F3N5O2. The lowest BCUT2D eigenvalue weighted by Crippen LogP contribution is -2.55. The molecule has 3 N–H and O–H groups in total. The van der Waals surface area contributed by atoms with E-state index >= 15 is 0 Å². The van der Waals surface area contributed by atoms with Crippen LogP contribution in [-0.4, -0.2) is 51.8 Å². The Labute approximate surface area is 185 Å². The van der Waals surface area contributed by atoms with Gasteiger partial charge in [0.15, 0.2) is 0 Å². The molecule has 0 unspecified atom stereocenters. The van der Waals surface area contributed by atoms with Gasteiger partial charge in [-0.1, -0.05) is 29.3 Å². The second-order valence-electron chi connectivity index (χ2n) is 7.71. The third-order valence-electron chi connectivity index (χ3n) is 5.45. The summed E-state index contributed by atoms with van der Waals surface area (Å²) in [6.45, 7) is -0.990. The van der Waals surface area contributed by atoms with Crippen molar-refractivity contribution < 1.29 is 22.8 Å². The van der Waals surface area contributed by atoms with E-state index in [0.29, 0.717) is 10.6 Å². The van der Waals surface area contributed by atoms with Crippen LogP contribution in [0.2, 0.25) is 10.0 Å². The highest BCUT2D eigenvalue weighted by Crippen LogP contribution is 2.38. The zero-order chi connectivity index (χ0) is 22.5. The summed E-state index contributed by atoms with van der Waals surface area (Å²) in [5.41, 5.74) is 6.53. The van der Waals surface area contributed by atoms with Crippen molar-refractivity contribution in [1.82, 2.24) is 20.0 Å². The number of alkyl halides is 3. The number of rotatable bonds is 4. The normalized spacial score (nSPS) is 20.2. The highest BCUT2D eigenvalue weighted by atomic mass is 35.5. The average Bonchev–Trinajstić information content (AvgIpc) is 3.07. The molecular weight excluding hydrogens is 458 g/mol. The predicted octanol–water partition coefficient (Wildman–Crippen LogP) is 3.79. The van der Waals surface area contributed by atoms with Crippen molar-refractivity contribution in [2.45, 2.75) is 37.4 Å². The second kappa shape index (κ2) is 7.90. The Morgan fingerprint density at radius 1 is 1.26 bits per heavy atom. The van der Waals surface area contributed by atoms with Crippen molar-refractivity contribution in [2.24, 2.45) is 5.73 Å². The standard InChI is InChI=1S/C19H18Cl2F3N5O2/c20-12-2-1-9(3-13(12)21)16-15(17(25)30)14-8-28(7-11(6-22)29(14)27-16)18(31)26-10-4-19(23,24)5-10/h1-3,10-11H,4-8H2,(H2,25,30)(H,26,31)/t11-/m1/s1. The number of nitrogens with zero attached hydrogens (tertiary/aromatic N) is 3. The van der Waals surface area contributed by atoms with Crippen LogP contribution in [0.5, 0.6) is 0 Å². The zero-order valence-corrected chi connectivity index (χ0v) is 17.6. The molecule has 0 radical (unpaired) electrons. The van der Waals surface area contributed by atoms with Gasteiger partial charge in [-0.15, -0.1) is 0 Å². The van der Waals surface area contributed by atoms with Crippen LogP contribution in [0.4, 0.5) is 18.0 Å². The van der Waals surface area contributed by atoms with Gasteiger partial charge in [-0.25, -0.2) is 18.0 Å². The monoisotopic (exact) mass is 475 g/mol. The molecule has 1 aromatic heterocycles. The van der Waals surface area contributed by atoms with Gasteiger partial charge in [0.1, 0.15) is 12.4 Å². The smallest absolute Gasteiger partial charge is 0.318 e. The number of benzene rings is 1. The van der Waals surface area contributed by atoms with E-state index in [2.05, 4.69) is 10.4 Å². The Bertz CT molecular complexity index is 1050. The molecule has 0 saturated heterocycles. The number of nitrogens with two attached hydrogens (primary N) is 1. The number of primary amides is 1. The van der Waals surface area contributed by atoms with E-state index in [1.54, 1.807) is 6.07 Å². The van der Waals surface area contributed by atoms with E-state index in [-0.39, 0.29) is 35.1 Å². The fourth-order valence-corrected chi connectivity index (χ4v) is 4.20. The summed E-state index contributed by atoms with van der Waals surface area (Å²) in [4.78, 5) is 26.1. The Kier molecular flexibility index (Phi) is 5.55. The first-order valence-electron chi connectivity index (χ1n) is 9.45. The molecule has 166 valence electrons. The van der Waals surface area contributed by atoms with E-state index in [4.69, 9.17) is 28.9 Å². The first-order valence-corrected chi connectivity index (χ1v) is 10.2. The van der Waals surface area contributed by atoms with Crippen LogP contribution in [-0.2, 0) is 6.54 Å². The third-order valence-corrected chi connectivity index (χ3v) is 6.19. The molecule has 0 spiro atoms.